The maximum absolute atomic E-state index is 5.75. The lowest BCUT2D eigenvalue weighted by Crippen LogP contribution is -2.30. The lowest BCUT2D eigenvalue weighted by molar-refractivity contribution is 0.529. The van der Waals surface area contributed by atoms with Crippen LogP contribution in [0.4, 0.5) is 0 Å². The minimum atomic E-state index is -0.0270. The molecule has 6 heteroatoms. The Morgan fingerprint density at radius 1 is 1.47 bits per heavy atom. The van der Waals surface area contributed by atoms with Crippen LogP contribution < -0.4 is 11.3 Å². The van der Waals surface area contributed by atoms with Crippen LogP contribution in [0.2, 0.25) is 5.15 Å². The molecule has 90 valence electrons. The van der Waals surface area contributed by atoms with Gasteiger partial charge in [0.05, 0.1) is 6.04 Å². The van der Waals surface area contributed by atoms with Gasteiger partial charge >= 0.3 is 0 Å². The zero-order valence-corrected chi connectivity index (χ0v) is 10.2. The minimum absolute atomic E-state index is 0.0270. The molecule has 2 heterocycles. The number of halogens is 1. The smallest absolute Gasteiger partial charge is 0.129 e. The summed E-state index contributed by atoms with van der Waals surface area (Å²) in [6, 6.07) is 3.63. The molecule has 2 aromatic rings. The number of imidazole rings is 1. The predicted octanol–water partition coefficient (Wildman–Crippen LogP) is 1.22. The van der Waals surface area contributed by atoms with Gasteiger partial charge in [0.15, 0.2) is 0 Å². The van der Waals surface area contributed by atoms with Gasteiger partial charge in [0.1, 0.15) is 11.0 Å². The average molecular weight is 252 g/mol. The lowest BCUT2D eigenvalue weighted by atomic mass is 10.1. The van der Waals surface area contributed by atoms with Crippen molar-refractivity contribution in [2.45, 2.75) is 12.5 Å². The zero-order valence-electron chi connectivity index (χ0n) is 9.47. The van der Waals surface area contributed by atoms with Crippen LogP contribution in [0.25, 0.3) is 0 Å². The number of nitrogens with zero attached hydrogens (tertiary/aromatic N) is 3. The standard InChI is InChI=1S/C11H14ClN5/c1-17-5-4-14-11(17)6-9(16-13)8-2-3-10(12)15-7-8/h2-5,7,9,16H,6,13H2,1H3. The summed E-state index contributed by atoms with van der Waals surface area (Å²) in [6.07, 6.45) is 6.09. The molecule has 17 heavy (non-hydrogen) atoms. The lowest BCUT2D eigenvalue weighted by Gasteiger charge is -2.15. The van der Waals surface area contributed by atoms with Crippen LogP contribution in [0.15, 0.2) is 30.7 Å². The summed E-state index contributed by atoms with van der Waals surface area (Å²) in [4.78, 5) is 8.31. The number of nitrogens with two attached hydrogens (primary N) is 1. The van der Waals surface area contributed by atoms with Crippen LogP contribution in [-0.4, -0.2) is 14.5 Å². The van der Waals surface area contributed by atoms with Crippen LogP contribution in [0.3, 0.4) is 0 Å². The topological polar surface area (TPSA) is 68.8 Å². The molecule has 0 aliphatic heterocycles. The fourth-order valence-electron chi connectivity index (χ4n) is 1.64. The molecule has 3 N–H and O–H groups in total. The average Bonchev–Trinajstić information content (AvgIpc) is 2.73. The maximum atomic E-state index is 5.75. The molecular formula is C11H14ClN5. The molecule has 0 saturated heterocycles. The number of hydrogen-bond acceptors (Lipinski definition) is 4. The van der Waals surface area contributed by atoms with Crippen molar-refractivity contribution in [1.82, 2.24) is 20.0 Å². The highest BCUT2D eigenvalue weighted by atomic mass is 35.5. The van der Waals surface area contributed by atoms with E-state index in [4.69, 9.17) is 17.4 Å². The van der Waals surface area contributed by atoms with Gasteiger partial charge in [0, 0.05) is 32.1 Å². The molecule has 0 aromatic carbocycles. The molecule has 2 aromatic heterocycles. The van der Waals surface area contributed by atoms with Crippen LogP contribution in [0, 0.1) is 0 Å². The van der Waals surface area contributed by atoms with Crippen molar-refractivity contribution < 1.29 is 0 Å². The van der Waals surface area contributed by atoms with E-state index < -0.39 is 0 Å². The molecule has 0 aliphatic rings. The highest BCUT2D eigenvalue weighted by molar-refractivity contribution is 6.29. The SMILES string of the molecule is Cn1ccnc1CC(NN)c1ccc(Cl)nc1. The summed E-state index contributed by atoms with van der Waals surface area (Å²) < 4.78 is 1.97. The molecule has 1 atom stereocenters. The number of aryl methyl sites for hydroxylation is 1. The summed E-state index contributed by atoms with van der Waals surface area (Å²) in [7, 11) is 1.95. The summed E-state index contributed by atoms with van der Waals surface area (Å²) in [5, 5.41) is 0.474. The number of rotatable bonds is 4. The molecule has 0 radical (unpaired) electrons. The molecule has 1 unspecified atom stereocenters. The van der Waals surface area contributed by atoms with Crippen molar-refractivity contribution in [3.05, 3.63) is 47.3 Å². The van der Waals surface area contributed by atoms with E-state index in [1.165, 1.54) is 0 Å². The van der Waals surface area contributed by atoms with Gasteiger partial charge in [0.2, 0.25) is 0 Å². The summed E-state index contributed by atoms with van der Waals surface area (Å²) in [5.74, 6) is 6.52. The third-order valence-electron chi connectivity index (χ3n) is 2.66. The van der Waals surface area contributed by atoms with Gasteiger partial charge < -0.3 is 4.57 Å². The van der Waals surface area contributed by atoms with Crippen molar-refractivity contribution >= 4 is 11.6 Å². The van der Waals surface area contributed by atoms with Crippen molar-refractivity contribution in [2.24, 2.45) is 12.9 Å². The second kappa shape index (κ2) is 5.27. The first-order valence-electron chi connectivity index (χ1n) is 5.24. The normalized spacial score (nSPS) is 12.6. The first kappa shape index (κ1) is 12.0. The van der Waals surface area contributed by atoms with Gasteiger partial charge in [0.25, 0.3) is 0 Å². The number of hydrogen-bond donors (Lipinski definition) is 2. The Hall–Kier alpha value is -1.43. The Kier molecular flexibility index (Phi) is 3.73. The molecule has 0 aliphatic carbocycles. The van der Waals surface area contributed by atoms with Gasteiger partial charge in [-0.15, -0.1) is 0 Å². The monoisotopic (exact) mass is 251 g/mol. The Bertz CT molecular complexity index is 479. The Morgan fingerprint density at radius 2 is 2.29 bits per heavy atom. The van der Waals surface area contributed by atoms with Crippen molar-refractivity contribution in [2.75, 3.05) is 0 Å². The van der Waals surface area contributed by atoms with E-state index >= 15 is 0 Å². The molecule has 0 amide bonds. The first-order chi connectivity index (χ1) is 8.20. The molecule has 0 spiro atoms. The summed E-state index contributed by atoms with van der Waals surface area (Å²) in [5.41, 5.74) is 3.75. The van der Waals surface area contributed by atoms with E-state index in [9.17, 15) is 0 Å². The molecule has 5 nitrogen and oxygen atoms in total. The van der Waals surface area contributed by atoms with E-state index in [-0.39, 0.29) is 6.04 Å². The van der Waals surface area contributed by atoms with Gasteiger partial charge in [-0.3, -0.25) is 11.3 Å². The van der Waals surface area contributed by atoms with E-state index in [1.54, 1.807) is 18.5 Å². The van der Waals surface area contributed by atoms with Crippen LogP contribution >= 0.6 is 11.6 Å². The highest BCUT2D eigenvalue weighted by Crippen LogP contribution is 2.17. The van der Waals surface area contributed by atoms with Crippen LogP contribution in [0.5, 0.6) is 0 Å². The number of pyridine rings is 1. The summed E-state index contributed by atoms with van der Waals surface area (Å²) in [6.45, 7) is 0. The quantitative estimate of drug-likeness (QED) is 0.487. The van der Waals surface area contributed by atoms with Crippen LogP contribution in [0.1, 0.15) is 17.4 Å². The maximum Gasteiger partial charge on any atom is 0.129 e. The first-order valence-corrected chi connectivity index (χ1v) is 5.62. The van der Waals surface area contributed by atoms with E-state index in [2.05, 4.69) is 15.4 Å². The van der Waals surface area contributed by atoms with Crippen molar-refractivity contribution in [3.8, 4) is 0 Å². The third kappa shape index (κ3) is 2.82. The predicted molar refractivity (Wildman–Crippen MR) is 66.2 cm³/mol. The van der Waals surface area contributed by atoms with Gasteiger partial charge in [-0.25, -0.2) is 9.97 Å². The highest BCUT2D eigenvalue weighted by Gasteiger charge is 2.13. The fourth-order valence-corrected chi connectivity index (χ4v) is 1.75. The number of hydrazine groups is 1. The second-order valence-electron chi connectivity index (χ2n) is 3.79. The Morgan fingerprint density at radius 3 is 2.82 bits per heavy atom. The molecule has 0 saturated carbocycles. The molecule has 2 rings (SSSR count). The number of nitrogens with one attached hydrogen (secondary N) is 1. The fraction of sp³-hybridized carbons (Fsp3) is 0.273. The Labute approximate surface area is 105 Å². The third-order valence-corrected chi connectivity index (χ3v) is 2.89. The molecule has 0 bridgehead atoms. The van der Waals surface area contributed by atoms with E-state index in [0.717, 1.165) is 11.4 Å². The van der Waals surface area contributed by atoms with E-state index in [1.807, 2.05) is 23.9 Å². The van der Waals surface area contributed by atoms with E-state index in [0.29, 0.717) is 11.6 Å². The van der Waals surface area contributed by atoms with Gasteiger partial charge in [-0.05, 0) is 11.6 Å². The van der Waals surface area contributed by atoms with Crippen LogP contribution in [-0.2, 0) is 13.5 Å². The largest absolute Gasteiger partial charge is 0.338 e. The van der Waals surface area contributed by atoms with Gasteiger partial charge in [-0.2, -0.15) is 0 Å². The molecular weight excluding hydrogens is 238 g/mol. The van der Waals surface area contributed by atoms with Crippen molar-refractivity contribution in [3.63, 3.8) is 0 Å². The zero-order chi connectivity index (χ0) is 12.3. The minimum Gasteiger partial charge on any atom is -0.338 e. The van der Waals surface area contributed by atoms with Crippen molar-refractivity contribution in [1.29, 1.82) is 0 Å². The second-order valence-corrected chi connectivity index (χ2v) is 4.18. The molecule has 0 fully saturated rings. The summed E-state index contributed by atoms with van der Waals surface area (Å²) >= 11 is 5.75. The Balaban J connectivity index is 2.17. The number of aromatic nitrogens is 3. The van der Waals surface area contributed by atoms with Gasteiger partial charge in [-0.1, -0.05) is 17.7 Å².